The van der Waals surface area contributed by atoms with E-state index in [1.54, 1.807) is 36.4 Å². The molecule has 0 saturated carbocycles. The van der Waals surface area contributed by atoms with Crippen LogP contribution in [0.25, 0.3) is 10.8 Å². The van der Waals surface area contributed by atoms with E-state index in [9.17, 15) is 31.0 Å². The molecule has 0 aliphatic heterocycles. The fourth-order valence-corrected chi connectivity index (χ4v) is 4.49. The number of rotatable bonds is 6. The molecule has 11 nitrogen and oxygen atoms in total. The summed E-state index contributed by atoms with van der Waals surface area (Å²) in [7, 11) is -9.77. The van der Waals surface area contributed by atoms with Gasteiger partial charge in [0.2, 0.25) is 0 Å². The van der Waals surface area contributed by atoms with Crippen LogP contribution in [0.15, 0.2) is 109 Å². The van der Waals surface area contributed by atoms with Crippen molar-refractivity contribution in [2.24, 2.45) is 20.5 Å². The SMILES string of the molecule is O=S(=O)(O)c1cc(S(=O)(=O)O)c2c(N=Nc3ccc(N=Nc4ccccc4)cc3)c(O)ccc2c1.[H-].[Na+]. The van der Waals surface area contributed by atoms with Crippen molar-refractivity contribution in [1.82, 2.24) is 0 Å². The summed E-state index contributed by atoms with van der Waals surface area (Å²) in [5, 5.41) is 26.1. The van der Waals surface area contributed by atoms with Gasteiger partial charge in [-0.15, -0.1) is 5.11 Å². The first-order valence-electron chi connectivity index (χ1n) is 9.76. The number of aromatic hydroxyl groups is 1. The van der Waals surface area contributed by atoms with Crippen molar-refractivity contribution >= 4 is 53.8 Å². The van der Waals surface area contributed by atoms with Crippen molar-refractivity contribution < 1.29 is 62.0 Å². The van der Waals surface area contributed by atoms with Gasteiger partial charge in [0.25, 0.3) is 20.2 Å². The Bertz CT molecular complexity index is 1700. The maximum Gasteiger partial charge on any atom is 1.00 e. The molecule has 0 amide bonds. The number of nitrogens with zero attached hydrogens (tertiary/aromatic N) is 4. The molecule has 0 bridgehead atoms. The van der Waals surface area contributed by atoms with Crippen molar-refractivity contribution in [3.05, 3.63) is 78.9 Å². The van der Waals surface area contributed by atoms with E-state index in [0.29, 0.717) is 23.1 Å². The van der Waals surface area contributed by atoms with E-state index < -0.39 is 35.8 Å². The van der Waals surface area contributed by atoms with Crippen LogP contribution in [-0.4, -0.2) is 31.0 Å². The monoisotopic (exact) mass is 536 g/mol. The van der Waals surface area contributed by atoms with Crippen LogP contribution >= 0.6 is 0 Å². The van der Waals surface area contributed by atoms with E-state index in [-0.39, 0.29) is 47.4 Å². The molecule has 0 aromatic heterocycles. The van der Waals surface area contributed by atoms with E-state index >= 15 is 0 Å². The van der Waals surface area contributed by atoms with Gasteiger partial charge in [0.05, 0.1) is 22.0 Å². The average molecular weight is 537 g/mol. The fraction of sp³-hybridized carbons (Fsp3) is 0. The Labute approximate surface area is 229 Å². The number of phenolic OH excluding ortho intramolecular Hbond substituents is 1. The molecule has 0 saturated heterocycles. The molecule has 0 aliphatic rings. The Balaban J connectivity index is 0.00000241. The van der Waals surface area contributed by atoms with Crippen LogP contribution in [0.2, 0.25) is 0 Å². The van der Waals surface area contributed by atoms with Crippen LogP contribution in [0.5, 0.6) is 5.75 Å². The third-order valence-electron chi connectivity index (χ3n) is 4.73. The van der Waals surface area contributed by atoms with Crippen molar-refractivity contribution in [2.75, 3.05) is 0 Å². The zero-order chi connectivity index (χ0) is 25.2. The van der Waals surface area contributed by atoms with Gasteiger partial charge in [-0.2, -0.15) is 32.2 Å². The summed E-state index contributed by atoms with van der Waals surface area (Å²) in [6.45, 7) is 0. The van der Waals surface area contributed by atoms with E-state index in [0.717, 1.165) is 12.1 Å². The van der Waals surface area contributed by atoms with E-state index in [2.05, 4.69) is 20.5 Å². The molecule has 4 rings (SSSR count). The summed E-state index contributed by atoms with van der Waals surface area (Å²) in [5.74, 6) is -0.473. The molecule has 0 heterocycles. The second kappa shape index (κ2) is 10.9. The van der Waals surface area contributed by atoms with E-state index in [1.165, 1.54) is 6.07 Å². The number of fused-ring (bicyclic) bond motifs is 1. The minimum atomic E-state index is -4.98. The molecule has 0 aliphatic carbocycles. The Morgan fingerprint density at radius 2 is 1.17 bits per heavy atom. The topological polar surface area (TPSA) is 178 Å². The minimum absolute atomic E-state index is 0. The van der Waals surface area contributed by atoms with Gasteiger partial charge in [0.1, 0.15) is 16.3 Å². The molecule has 0 fully saturated rings. The molecule has 0 spiro atoms. The largest absolute Gasteiger partial charge is 1.00 e. The van der Waals surface area contributed by atoms with Crippen molar-refractivity contribution in [2.45, 2.75) is 9.79 Å². The quantitative estimate of drug-likeness (QED) is 0.192. The maximum absolute atomic E-state index is 12.0. The van der Waals surface area contributed by atoms with Crippen LogP contribution in [-0.2, 0) is 20.2 Å². The van der Waals surface area contributed by atoms with Gasteiger partial charge < -0.3 is 6.53 Å². The second-order valence-corrected chi connectivity index (χ2v) is 9.97. The summed E-state index contributed by atoms with van der Waals surface area (Å²) in [6, 6.07) is 19.4. The number of hydrogen-bond acceptors (Lipinski definition) is 9. The van der Waals surface area contributed by atoms with Crippen LogP contribution in [0, 0.1) is 0 Å². The predicted octanol–water partition coefficient (Wildman–Crippen LogP) is 2.99. The van der Waals surface area contributed by atoms with Crippen LogP contribution < -0.4 is 29.6 Å². The Morgan fingerprint density at radius 3 is 1.69 bits per heavy atom. The molecule has 14 heteroatoms. The maximum atomic E-state index is 12.0. The van der Waals surface area contributed by atoms with Crippen LogP contribution in [0.3, 0.4) is 0 Å². The smallest absolute Gasteiger partial charge is 1.00 e. The van der Waals surface area contributed by atoms with Crippen molar-refractivity contribution in [3.8, 4) is 5.75 Å². The summed E-state index contributed by atoms with van der Waals surface area (Å²) >= 11 is 0. The van der Waals surface area contributed by atoms with Gasteiger partial charge in [-0.05, 0) is 60.0 Å². The van der Waals surface area contributed by atoms with Gasteiger partial charge in [0.15, 0.2) is 0 Å². The molecule has 0 unspecified atom stereocenters. The Morgan fingerprint density at radius 1 is 0.639 bits per heavy atom. The summed E-state index contributed by atoms with van der Waals surface area (Å²) in [4.78, 5) is -1.63. The normalized spacial score (nSPS) is 12.3. The standard InChI is InChI=1S/C22H16N4O7S2.Na.H/c27-19-11-6-14-12-18(34(28,29)30)13-20(35(31,32)33)21(14)22(19)26-25-17-9-7-16(8-10-17)24-23-15-4-2-1-3-5-15;;/h1-13,27H,(H,28,29,30)(H,31,32,33);;/q;+1;-1. The molecule has 0 atom stereocenters. The third kappa shape index (κ3) is 6.39. The molecule has 3 N–H and O–H groups in total. The Kier molecular flexibility index (Phi) is 8.36. The Hall–Kier alpha value is -3.04. The van der Waals surface area contributed by atoms with E-state index in [1.807, 2.05) is 18.2 Å². The van der Waals surface area contributed by atoms with Gasteiger partial charge in [-0.1, -0.05) is 24.3 Å². The van der Waals surface area contributed by atoms with Gasteiger partial charge >= 0.3 is 29.6 Å². The molecule has 36 heavy (non-hydrogen) atoms. The molecule has 180 valence electrons. The number of azo groups is 2. The summed E-state index contributed by atoms with van der Waals surface area (Å²) < 4.78 is 66.0. The second-order valence-electron chi connectivity index (χ2n) is 7.15. The van der Waals surface area contributed by atoms with Crippen molar-refractivity contribution in [3.63, 3.8) is 0 Å². The predicted molar refractivity (Wildman–Crippen MR) is 128 cm³/mol. The van der Waals surface area contributed by atoms with Crippen molar-refractivity contribution in [1.29, 1.82) is 0 Å². The fourth-order valence-electron chi connectivity index (χ4n) is 3.13. The molecule has 4 aromatic carbocycles. The van der Waals surface area contributed by atoms with Crippen LogP contribution in [0.1, 0.15) is 1.43 Å². The number of hydrogen-bond donors (Lipinski definition) is 3. The minimum Gasteiger partial charge on any atom is -1.00 e. The molecular weight excluding hydrogens is 519 g/mol. The molecule has 0 radical (unpaired) electrons. The van der Waals surface area contributed by atoms with E-state index in [4.69, 9.17) is 0 Å². The summed E-state index contributed by atoms with van der Waals surface area (Å²) in [5.41, 5.74) is 1.20. The average Bonchev–Trinajstić information content (AvgIpc) is 2.81. The van der Waals surface area contributed by atoms with Gasteiger partial charge in [-0.3, -0.25) is 9.11 Å². The van der Waals surface area contributed by atoms with Crippen LogP contribution in [0.4, 0.5) is 22.7 Å². The summed E-state index contributed by atoms with van der Waals surface area (Å²) in [6.07, 6.45) is 0. The number of phenols is 1. The van der Waals surface area contributed by atoms with Gasteiger partial charge in [-0.25, -0.2) is 0 Å². The zero-order valence-corrected chi connectivity index (χ0v) is 22.2. The first-order valence-corrected chi connectivity index (χ1v) is 12.6. The molecule has 4 aromatic rings. The van der Waals surface area contributed by atoms with Gasteiger partial charge in [0, 0.05) is 5.39 Å². The first-order chi connectivity index (χ1) is 16.5. The number of benzene rings is 4. The third-order valence-corrected chi connectivity index (χ3v) is 6.44. The zero-order valence-electron chi connectivity index (χ0n) is 19.6. The first kappa shape index (κ1) is 27.5. The molecular formula is C22H17N4NaO7S2.